The number of sulfonamides is 1. The number of carbonyl (C=O) groups excluding carboxylic acids is 1. The highest BCUT2D eigenvalue weighted by molar-refractivity contribution is 7.89. The number of halogens is 1. The van der Waals surface area contributed by atoms with Crippen LogP contribution in [0.4, 0.5) is 10.1 Å². The zero-order chi connectivity index (χ0) is 24.5. The molecule has 12 heteroatoms. The summed E-state index contributed by atoms with van der Waals surface area (Å²) < 4.78 is 42.3. The number of hydrogen-bond acceptors (Lipinski definition) is 6. The number of rotatable bonds is 5. The molecule has 4 rings (SSSR count). The lowest BCUT2D eigenvalue weighted by atomic mass is 9.98. The SMILES string of the molecule is C#CCn1c(=NC(=O)C2CCN(S(=O)(=O)c3ccc(F)cc3)CC2)sc2ccc([N+](=O)[O-])cc21. The number of aromatic nitrogens is 1. The molecule has 0 unspecified atom stereocenters. The van der Waals surface area contributed by atoms with E-state index < -0.39 is 32.6 Å². The molecule has 0 bridgehead atoms. The van der Waals surface area contributed by atoms with E-state index in [1.54, 1.807) is 10.6 Å². The number of benzene rings is 2. The van der Waals surface area contributed by atoms with Crippen LogP contribution in [0.25, 0.3) is 10.2 Å². The summed E-state index contributed by atoms with van der Waals surface area (Å²) in [5.74, 6) is 1.08. The van der Waals surface area contributed by atoms with Crippen molar-refractivity contribution in [1.82, 2.24) is 8.87 Å². The molecule has 1 aromatic heterocycles. The number of terminal acetylenes is 1. The van der Waals surface area contributed by atoms with Gasteiger partial charge in [0.1, 0.15) is 5.82 Å². The summed E-state index contributed by atoms with van der Waals surface area (Å²) in [4.78, 5) is 28.1. The second kappa shape index (κ2) is 9.46. The first-order chi connectivity index (χ1) is 16.2. The average Bonchev–Trinajstić information content (AvgIpc) is 3.15. The predicted octanol–water partition coefficient (Wildman–Crippen LogP) is 2.91. The summed E-state index contributed by atoms with van der Waals surface area (Å²) in [6.45, 7) is 0.352. The molecule has 2 aromatic carbocycles. The number of piperidine rings is 1. The molecule has 9 nitrogen and oxygen atoms in total. The van der Waals surface area contributed by atoms with Gasteiger partial charge in [-0.15, -0.1) is 6.42 Å². The van der Waals surface area contributed by atoms with Crippen molar-refractivity contribution in [2.45, 2.75) is 24.3 Å². The lowest BCUT2D eigenvalue weighted by Crippen LogP contribution is -2.40. The Morgan fingerprint density at radius 1 is 1.24 bits per heavy atom. The quantitative estimate of drug-likeness (QED) is 0.302. The second-order valence-corrected chi connectivity index (χ2v) is 10.6. The van der Waals surface area contributed by atoms with Crippen molar-refractivity contribution < 1.29 is 22.5 Å². The minimum atomic E-state index is -3.78. The third kappa shape index (κ3) is 4.63. The van der Waals surface area contributed by atoms with Gasteiger partial charge in [0.25, 0.3) is 11.6 Å². The normalized spacial score (nSPS) is 15.9. The van der Waals surface area contributed by atoms with E-state index in [9.17, 15) is 27.7 Å². The fourth-order valence-electron chi connectivity index (χ4n) is 3.78. The monoisotopic (exact) mass is 502 g/mol. The summed E-state index contributed by atoms with van der Waals surface area (Å²) in [5.41, 5.74) is 0.424. The molecule has 1 aliphatic heterocycles. The van der Waals surface area contributed by atoms with Gasteiger partial charge in [-0.3, -0.25) is 14.9 Å². The Labute approximate surface area is 198 Å². The van der Waals surface area contributed by atoms with Gasteiger partial charge in [-0.2, -0.15) is 9.30 Å². The first kappa shape index (κ1) is 23.7. The van der Waals surface area contributed by atoms with Crippen molar-refractivity contribution in [2.24, 2.45) is 10.9 Å². The van der Waals surface area contributed by atoms with Crippen molar-refractivity contribution in [2.75, 3.05) is 13.1 Å². The Bertz CT molecular complexity index is 1480. The molecule has 0 N–H and O–H groups in total. The zero-order valence-electron chi connectivity index (χ0n) is 17.8. The van der Waals surface area contributed by atoms with Crippen LogP contribution in [0.1, 0.15) is 12.8 Å². The zero-order valence-corrected chi connectivity index (χ0v) is 19.4. The van der Waals surface area contributed by atoms with Crippen molar-refractivity contribution >= 4 is 43.2 Å². The molecular formula is C22H19FN4O5S2. The first-order valence-corrected chi connectivity index (χ1v) is 12.5. The fraction of sp³-hybridized carbons (Fsp3) is 0.273. The van der Waals surface area contributed by atoms with Crippen molar-refractivity contribution in [3.05, 3.63) is 63.2 Å². The molecule has 34 heavy (non-hydrogen) atoms. The van der Waals surface area contributed by atoms with Crippen LogP contribution in [0.5, 0.6) is 0 Å². The molecule has 0 saturated carbocycles. The minimum Gasteiger partial charge on any atom is -0.304 e. The van der Waals surface area contributed by atoms with Gasteiger partial charge < -0.3 is 4.57 Å². The van der Waals surface area contributed by atoms with Crippen LogP contribution in [-0.2, 0) is 21.4 Å². The molecule has 0 spiro atoms. The molecule has 1 aliphatic rings. The summed E-state index contributed by atoms with van der Waals surface area (Å²) in [6, 6.07) is 8.97. The number of fused-ring (bicyclic) bond motifs is 1. The van der Waals surface area contributed by atoms with Crippen LogP contribution in [0.2, 0.25) is 0 Å². The van der Waals surface area contributed by atoms with E-state index in [4.69, 9.17) is 6.42 Å². The van der Waals surface area contributed by atoms with E-state index in [-0.39, 0.29) is 43.1 Å². The highest BCUT2D eigenvalue weighted by atomic mass is 32.2. The standard InChI is InChI=1S/C22H19FN4O5S2/c1-2-11-26-19-14-17(27(29)30)5-8-20(19)33-22(26)24-21(28)15-9-12-25(13-10-15)34(31,32)18-6-3-16(23)4-7-18/h1,3-8,14-15H,9-13H2. The highest BCUT2D eigenvalue weighted by Gasteiger charge is 2.32. The van der Waals surface area contributed by atoms with Crippen molar-refractivity contribution in [3.63, 3.8) is 0 Å². The molecule has 0 aliphatic carbocycles. The van der Waals surface area contributed by atoms with Crippen molar-refractivity contribution in [3.8, 4) is 12.3 Å². The van der Waals surface area contributed by atoms with E-state index in [1.165, 1.54) is 39.9 Å². The highest BCUT2D eigenvalue weighted by Crippen LogP contribution is 2.26. The molecule has 1 fully saturated rings. The van der Waals surface area contributed by atoms with E-state index in [0.29, 0.717) is 15.0 Å². The number of non-ortho nitro benzene ring substituents is 1. The smallest absolute Gasteiger partial charge is 0.271 e. The maximum atomic E-state index is 13.1. The van der Waals surface area contributed by atoms with Crippen LogP contribution >= 0.6 is 11.3 Å². The Balaban J connectivity index is 1.55. The summed E-state index contributed by atoms with van der Waals surface area (Å²) in [5, 5.41) is 11.1. The lowest BCUT2D eigenvalue weighted by molar-refractivity contribution is -0.384. The van der Waals surface area contributed by atoms with Crippen LogP contribution in [-0.4, -0.2) is 41.2 Å². The number of nitro benzene ring substituents is 1. The van der Waals surface area contributed by atoms with Gasteiger partial charge in [0.05, 0.1) is 26.6 Å². The topological polar surface area (TPSA) is 115 Å². The Morgan fingerprint density at radius 2 is 1.91 bits per heavy atom. The van der Waals surface area contributed by atoms with E-state index >= 15 is 0 Å². The van der Waals surface area contributed by atoms with Crippen LogP contribution in [0.3, 0.4) is 0 Å². The van der Waals surface area contributed by atoms with Crippen LogP contribution in [0, 0.1) is 34.2 Å². The number of nitrogens with zero attached hydrogens (tertiary/aromatic N) is 4. The molecule has 2 heterocycles. The van der Waals surface area contributed by atoms with Gasteiger partial charge >= 0.3 is 0 Å². The fourth-order valence-corrected chi connectivity index (χ4v) is 6.27. The Hall–Kier alpha value is -3.40. The van der Waals surface area contributed by atoms with E-state index in [1.807, 2.05) is 0 Å². The van der Waals surface area contributed by atoms with Crippen LogP contribution in [0.15, 0.2) is 52.4 Å². The Morgan fingerprint density at radius 3 is 2.53 bits per heavy atom. The predicted molar refractivity (Wildman–Crippen MR) is 124 cm³/mol. The molecule has 1 saturated heterocycles. The third-order valence-electron chi connectivity index (χ3n) is 5.59. The maximum absolute atomic E-state index is 13.1. The molecular weight excluding hydrogens is 483 g/mol. The summed E-state index contributed by atoms with van der Waals surface area (Å²) in [7, 11) is -3.78. The summed E-state index contributed by atoms with van der Waals surface area (Å²) >= 11 is 1.20. The van der Waals surface area contributed by atoms with Gasteiger partial charge in [-0.25, -0.2) is 12.8 Å². The Kier molecular flexibility index (Phi) is 6.60. The number of carbonyl (C=O) groups is 1. The third-order valence-corrected chi connectivity index (χ3v) is 8.56. The second-order valence-electron chi connectivity index (χ2n) is 7.67. The summed E-state index contributed by atoms with van der Waals surface area (Å²) in [6.07, 6.45) is 6.03. The van der Waals surface area contributed by atoms with Gasteiger partial charge in [-0.1, -0.05) is 17.3 Å². The van der Waals surface area contributed by atoms with Crippen molar-refractivity contribution in [1.29, 1.82) is 0 Å². The molecule has 0 atom stereocenters. The average molecular weight is 503 g/mol. The van der Waals surface area contributed by atoms with Gasteiger partial charge in [0, 0.05) is 31.1 Å². The van der Waals surface area contributed by atoms with E-state index in [2.05, 4.69) is 10.9 Å². The maximum Gasteiger partial charge on any atom is 0.271 e. The molecule has 176 valence electrons. The number of amides is 1. The number of thiazole rings is 1. The largest absolute Gasteiger partial charge is 0.304 e. The number of nitro groups is 1. The molecule has 3 aromatic rings. The first-order valence-electron chi connectivity index (χ1n) is 10.3. The minimum absolute atomic E-state index is 0.00180. The number of hydrogen-bond donors (Lipinski definition) is 0. The molecule has 1 amide bonds. The van der Waals surface area contributed by atoms with Gasteiger partial charge in [0.15, 0.2) is 4.80 Å². The van der Waals surface area contributed by atoms with E-state index in [0.717, 1.165) is 12.1 Å². The molecule has 0 radical (unpaired) electrons. The van der Waals surface area contributed by atoms with Gasteiger partial charge in [0.2, 0.25) is 10.0 Å². The van der Waals surface area contributed by atoms with Gasteiger partial charge in [-0.05, 0) is 43.2 Å². The van der Waals surface area contributed by atoms with Crippen LogP contribution < -0.4 is 4.80 Å². The lowest BCUT2D eigenvalue weighted by Gasteiger charge is -2.29.